The molecule has 1 heterocycles. The molecule has 58 valence electrons. The summed E-state index contributed by atoms with van der Waals surface area (Å²) in [7, 11) is 0. The van der Waals surface area contributed by atoms with Crippen molar-refractivity contribution in [1.29, 1.82) is 0 Å². The smallest absolute Gasteiger partial charge is 0.377 e. The second-order valence-corrected chi connectivity index (χ2v) is 2.12. The Morgan fingerprint density at radius 3 is 2.60 bits per heavy atom. The van der Waals surface area contributed by atoms with Gasteiger partial charge in [-0.2, -0.15) is 8.78 Å². The zero-order chi connectivity index (χ0) is 7.78. The molecule has 1 aliphatic heterocycles. The Bertz CT molecular complexity index is 157. The molecule has 1 atom stereocenters. The molecule has 3 nitrogen and oxygen atoms in total. The molecular weight excluding hydrogens is 146 g/mol. The van der Waals surface area contributed by atoms with E-state index < -0.39 is 31.0 Å². The number of ether oxygens (including phenoxy) is 1. The summed E-state index contributed by atoms with van der Waals surface area (Å²) < 4.78 is 28.5. The van der Waals surface area contributed by atoms with E-state index in [0.29, 0.717) is 0 Å². The number of hydrogen-bond donors (Lipinski definition) is 1. The molecule has 1 aliphatic rings. The minimum atomic E-state index is -3.40. The standard InChI is InChI=1S/C5H6F2O3/c6-5(7)1-3(2-8)10-4(5)9/h3,8H,1-2H2/t3-/m1/s1. The fourth-order valence-corrected chi connectivity index (χ4v) is 0.750. The van der Waals surface area contributed by atoms with Crippen LogP contribution < -0.4 is 0 Å². The Hall–Kier alpha value is -0.710. The Morgan fingerprint density at radius 1 is 1.80 bits per heavy atom. The Labute approximate surface area is 55.6 Å². The van der Waals surface area contributed by atoms with Crippen molar-refractivity contribution in [2.24, 2.45) is 0 Å². The quantitative estimate of drug-likeness (QED) is 0.535. The van der Waals surface area contributed by atoms with Crippen LogP contribution in [0.4, 0.5) is 8.78 Å². The molecule has 1 saturated heterocycles. The fourth-order valence-electron chi connectivity index (χ4n) is 0.750. The molecule has 0 aromatic carbocycles. The van der Waals surface area contributed by atoms with Gasteiger partial charge in [0.25, 0.3) is 0 Å². The first-order valence-electron chi connectivity index (χ1n) is 2.76. The highest BCUT2D eigenvalue weighted by Crippen LogP contribution is 2.30. The van der Waals surface area contributed by atoms with Crippen LogP contribution in [0.25, 0.3) is 0 Å². The molecule has 1 rings (SSSR count). The number of aliphatic hydroxyl groups excluding tert-OH is 1. The summed E-state index contributed by atoms with van der Waals surface area (Å²) in [5.74, 6) is -4.93. The van der Waals surface area contributed by atoms with Gasteiger partial charge in [-0.25, -0.2) is 4.79 Å². The van der Waals surface area contributed by atoms with E-state index in [2.05, 4.69) is 4.74 Å². The normalized spacial score (nSPS) is 30.3. The number of rotatable bonds is 1. The fraction of sp³-hybridized carbons (Fsp3) is 0.800. The summed E-state index contributed by atoms with van der Waals surface area (Å²) in [6.07, 6.45) is -1.73. The van der Waals surface area contributed by atoms with Crippen LogP contribution in [-0.2, 0) is 9.53 Å². The Balaban J connectivity index is 2.62. The molecule has 0 aromatic rings. The second kappa shape index (κ2) is 2.16. The third-order valence-corrected chi connectivity index (χ3v) is 1.26. The van der Waals surface area contributed by atoms with Crippen LogP contribution in [0.1, 0.15) is 6.42 Å². The van der Waals surface area contributed by atoms with Crippen LogP contribution in [0.3, 0.4) is 0 Å². The van der Waals surface area contributed by atoms with Gasteiger partial charge in [0, 0.05) is 0 Å². The third-order valence-electron chi connectivity index (χ3n) is 1.26. The van der Waals surface area contributed by atoms with Crippen LogP contribution in [0.5, 0.6) is 0 Å². The van der Waals surface area contributed by atoms with Gasteiger partial charge in [0.15, 0.2) is 0 Å². The lowest BCUT2D eigenvalue weighted by molar-refractivity contribution is -0.159. The largest absolute Gasteiger partial charge is 0.455 e. The maximum Gasteiger partial charge on any atom is 0.377 e. The summed E-state index contributed by atoms with van der Waals surface area (Å²) in [5, 5.41) is 8.31. The van der Waals surface area contributed by atoms with E-state index in [1.165, 1.54) is 0 Å². The Kier molecular flexibility index (Phi) is 1.60. The van der Waals surface area contributed by atoms with Crippen molar-refractivity contribution in [3.05, 3.63) is 0 Å². The van der Waals surface area contributed by atoms with E-state index in [4.69, 9.17) is 5.11 Å². The molecule has 0 radical (unpaired) electrons. The summed E-state index contributed by atoms with van der Waals surface area (Å²) in [6, 6.07) is 0. The van der Waals surface area contributed by atoms with Gasteiger partial charge in [-0.05, 0) is 0 Å². The summed E-state index contributed by atoms with van der Waals surface area (Å²) >= 11 is 0. The number of halogens is 2. The topological polar surface area (TPSA) is 46.5 Å². The van der Waals surface area contributed by atoms with Crippen LogP contribution in [0, 0.1) is 0 Å². The number of carbonyl (C=O) groups is 1. The third kappa shape index (κ3) is 1.09. The Morgan fingerprint density at radius 2 is 2.40 bits per heavy atom. The molecule has 1 N–H and O–H groups in total. The van der Waals surface area contributed by atoms with Crippen LogP contribution in [0.2, 0.25) is 0 Å². The first-order valence-corrected chi connectivity index (χ1v) is 2.76. The van der Waals surface area contributed by atoms with Crippen LogP contribution in [0.15, 0.2) is 0 Å². The number of esters is 1. The van der Waals surface area contributed by atoms with Gasteiger partial charge in [0.1, 0.15) is 6.10 Å². The highest BCUT2D eigenvalue weighted by Gasteiger charge is 2.50. The first-order chi connectivity index (χ1) is 4.56. The lowest BCUT2D eigenvalue weighted by Gasteiger charge is -2.00. The maximum absolute atomic E-state index is 12.2. The van der Waals surface area contributed by atoms with Crippen molar-refractivity contribution < 1.29 is 23.4 Å². The predicted octanol–water partition coefficient (Wildman–Crippen LogP) is -0.0705. The van der Waals surface area contributed by atoms with E-state index in [1.54, 1.807) is 0 Å². The molecular formula is C5H6F2O3. The summed E-state index contributed by atoms with van der Waals surface area (Å²) in [5.41, 5.74) is 0. The van der Waals surface area contributed by atoms with Crippen molar-refractivity contribution in [3.8, 4) is 0 Å². The lowest BCUT2D eigenvalue weighted by Crippen LogP contribution is -2.21. The van der Waals surface area contributed by atoms with Gasteiger partial charge >= 0.3 is 11.9 Å². The first kappa shape index (κ1) is 7.40. The summed E-state index contributed by atoms with van der Waals surface area (Å²) in [4.78, 5) is 10.2. The van der Waals surface area contributed by atoms with E-state index >= 15 is 0 Å². The van der Waals surface area contributed by atoms with Crippen molar-refractivity contribution >= 4 is 5.97 Å². The molecule has 1 fully saturated rings. The number of hydrogen-bond acceptors (Lipinski definition) is 3. The van der Waals surface area contributed by atoms with Gasteiger partial charge in [-0.1, -0.05) is 0 Å². The molecule has 5 heteroatoms. The maximum atomic E-state index is 12.2. The van der Waals surface area contributed by atoms with Gasteiger partial charge in [-0.15, -0.1) is 0 Å². The average molecular weight is 152 g/mol. The van der Waals surface area contributed by atoms with E-state index in [-0.39, 0.29) is 0 Å². The molecule has 0 spiro atoms. The summed E-state index contributed by atoms with van der Waals surface area (Å²) in [6.45, 7) is -0.540. The highest BCUT2D eigenvalue weighted by atomic mass is 19.3. The van der Waals surface area contributed by atoms with Gasteiger partial charge in [0.2, 0.25) is 0 Å². The predicted molar refractivity (Wildman–Crippen MR) is 26.5 cm³/mol. The molecule has 0 unspecified atom stereocenters. The zero-order valence-corrected chi connectivity index (χ0v) is 5.01. The van der Waals surface area contributed by atoms with E-state index in [0.717, 1.165) is 0 Å². The second-order valence-electron chi connectivity index (χ2n) is 2.12. The number of alkyl halides is 2. The van der Waals surface area contributed by atoms with Crippen molar-refractivity contribution in [1.82, 2.24) is 0 Å². The highest BCUT2D eigenvalue weighted by molar-refractivity contribution is 5.79. The molecule has 0 bridgehead atoms. The molecule has 0 aliphatic carbocycles. The number of aliphatic hydroxyl groups is 1. The van der Waals surface area contributed by atoms with E-state index in [1.807, 2.05) is 0 Å². The van der Waals surface area contributed by atoms with Crippen molar-refractivity contribution in [2.75, 3.05) is 6.61 Å². The van der Waals surface area contributed by atoms with Gasteiger partial charge in [-0.3, -0.25) is 0 Å². The monoisotopic (exact) mass is 152 g/mol. The van der Waals surface area contributed by atoms with Crippen molar-refractivity contribution in [2.45, 2.75) is 18.4 Å². The molecule has 10 heavy (non-hydrogen) atoms. The zero-order valence-electron chi connectivity index (χ0n) is 5.01. The average Bonchev–Trinajstić information content (AvgIpc) is 2.08. The SMILES string of the molecule is O=C1O[C@@H](CO)CC1(F)F. The van der Waals surface area contributed by atoms with Crippen LogP contribution >= 0.6 is 0 Å². The number of carbonyl (C=O) groups excluding carboxylic acids is 1. The minimum absolute atomic E-state index is 0.540. The lowest BCUT2D eigenvalue weighted by atomic mass is 10.2. The van der Waals surface area contributed by atoms with Crippen LogP contribution in [-0.4, -0.2) is 29.7 Å². The van der Waals surface area contributed by atoms with Crippen molar-refractivity contribution in [3.63, 3.8) is 0 Å². The molecule has 0 amide bonds. The molecule has 0 saturated carbocycles. The molecule has 0 aromatic heterocycles. The van der Waals surface area contributed by atoms with E-state index in [9.17, 15) is 13.6 Å². The van der Waals surface area contributed by atoms with Gasteiger partial charge in [0.05, 0.1) is 13.0 Å². The minimum Gasteiger partial charge on any atom is -0.455 e. The van der Waals surface area contributed by atoms with Gasteiger partial charge < -0.3 is 9.84 Å². The number of cyclic esters (lactones) is 1.